The van der Waals surface area contributed by atoms with Crippen LogP contribution < -0.4 is 10.6 Å². The van der Waals surface area contributed by atoms with E-state index in [0.717, 1.165) is 6.42 Å². The SMILES string of the molecule is CCCNC(=O)c1ccc(Cl)cc1NC(=O)C1C2C=CC(C2)C1C(=O)O. The number of halogens is 1. The van der Waals surface area contributed by atoms with Crippen molar-refractivity contribution in [1.82, 2.24) is 5.32 Å². The van der Waals surface area contributed by atoms with Crippen molar-refractivity contribution in [3.05, 3.63) is 40.9 Å². The number of nitrogens with one attached hydrogen (secondary N) is 2. The number of rotatable bonds is 6. The van der Waals surface area contributed by atoms with Gasteiger partial charge in [-0.05, 0) is 42.9 Å². The number of aliphatic carboxylic acids is 1. The molecule has 0 heterocycles. The predicted molar refractivity (Wildman–Crippen MR) is 98.1 cm³/mol. The van der Waals surface area contributed by atoms with Crippen molar-refractivity contribution >= 4 is 35.1 Å². The van der Waals surface area contributed by atoms with Gasteiger partial charge in [0, 0.05) is 11.6 Å². The lowest BCUT2D eigenvalue weighted by molar-refractivity contribution is -0.146. The highest BCUT2D eigenvalue weighted by atomic mass is 35.5. The zero-order valence-corrected chi connectivity index (χ0v) is 15.1. The highest BCUT2D eigenvalue weighted by molar-refractivity contribution is 6.31. The fourth-order valence-corrected chi connectivity index (χ4v) is 4.06. The minimum atomic E-state index is -0.964. The van der Waals surface area contributed by atoms with Crippen LogP contribution in [0.4, 0.5) is 5.69 Å². The van der Waals surface area contributed by atoms with Crippen LogP contribution in [-0.4, -0.2) is 29.4 Å². The molecule has 1 aromatic rings. The quantitative estimate of drug-likeness (QED) is 0.665. The van der Waals surface area contributed by atoms with Crippen LogP contribution in [0, 0.1) is 23.7 Å². The molecule has 1 fully saturated rings. The van der Waals surface area contributed by atoms with Gasteiger partial charge >= 0.3 is 5.97 Å². The molecule has 2 aliphatic rings. The topological polar surface area (TPSA) is 95.5 Å². The van der Waals surface area contributed by atoms with Crippen molar-refractivity contribution in [1.29, 1.82) is 0 Å². The number of carboxylic acids is 1. The van der Waals surface area contributed by atoms with Crippen LogP contribution in [0.3, 0.4) is 0 Å². The van der Waals surface area contributed by atoms with Gasteiger partial charge in [0.15, 0.2) is 0 Å². The van der Waals surface area contributed by atoms with Gasteiger partial charge in [0.1, 0.15) is 0 Å². The normalized spacial score (nSPS) is 25.9. The first-order valence-corrected chi connectivity index (χ1v) is 9.10. The number of amides is 2. The molecule has 0 saturated heterocycles. The summed E-state index contributed by atoms with van der Waals surface area (Å²) in [5.41, 5.74) is 0.605. The van der Waals surface area contributed by atoms with Gasteiger partial charge in [-0.15, -0.1) is 0 Å². The minimum absolute atomic E-state index is 0.0855. The fraction of sp³-hybridized carbons (Fsp3) is 0.421. The Bertz CT molecular complexity index is 777. The van der Waals surface area contributed by atoms with E-state index < -0.39 is 17.8 Å². The van der Waals surface area contributed by atoms with Gasteiger partial charge in [0.05, 0.1) is 23.1 Å². The van der Waals surface area contributed by atoms with Gasteiger partial charge in [0.2, 0.25) is 5.91 Å². The van der Waals surface area contributed by atoms with Gasteiger partial charge in [0.25, 0.3) is 5.91 Å². The van der Waals surface area contributed by atoms with Crippen molar-refractivity contribution in [2.45, 2.75) is 19.8 Å². The lowest BCUT2D eigenvalue weighted by Crippen LogP contribution is -2.37. The monoisotopic (exact) mass is 376 g/mol. The van der Waals surface area contributed by atoms with Gasteiger partial charge in [-0.1, -0.05) is 30.7 Å². The maximum absolute atomic E-state index is 12.8. The summed E-state index contributed by atoms with van der Waals surface area (Å²) in [6.07, 6.45) is 5.27. The average Bonchev–Trinajstić information content (AvgIpc) is 3.21. The Morgan fingerprint density at radius 3 is 2.54 bits per heavy atom. The Labute approximate surface area is 156 Å². The molecule has 3 N–H and O–H groups in total. The maximum atomic E-state index is 12.8. The van der Waals surface area contributed by atoms with Gasteiger partial charge < -0.3 is 15.7 Å². The second kappa shape index (κ2) is 7.50. The Kier molecular flexibility index (Phi) is 5.32. The molecule has 1 aromatic carbocycles. The van der Waals surface area contributed by atoms with E-state index in [2.05, 4.69) is 10.6 Å². The lowest BCUT2D eigenvalue weighted by atomic mass is 9.82. The molecule has 4 atom stereocenters. The molecule has 0 spiro atoms. The summed E-state index contributed by atoms with van der Waals surface area (Å²) in [4.78, 5) is 36.8. The van der Waals surface area contributed by atoms with E-state index in [1.54, 1.807) is 12.1 Å². The molecule has 2 amide bonds. The van der Waals surface area contributed by atoms with Gasteiger partial charge in [-0.2, -0.15) is 0 Å². The van der Waals surface area contributed by atoms with Gasteiger partial charge in [-0.25, -0.2) is 0 Å². The third-order valence-electron chi connectivity index (χ3n) is 5.07. The second-order valence-electron chi connectivity index (χ2n) is 6.77. The largest absolute Gasteiger partial charge is 0.481 e. The number of benzene rings is 1. The number of fused-ring (bicyclic) bond motifs is 2. The first kappa shape index (κ1) is 18.5. The molecule has 138 valence electrons. The molecular formula is C19H21ClN2O4. The van der Waals surface area contributed by atoms with Crippen LogP contribution in [0.2, 0.25) is 5.02 Å². The standard InChI is InChI=1S/C19H21ClN2O4/c1-2-7-21-17(23)13-6-5-12(20)9-14(13)22-18(24)15-10-3-4-11(8-10)16(15)19(25)26/h3-6,9-11,15-16H,2,7-8H2,1H3,(H,21,23)(H,22,24)(H,25,26). The van der Waals surface area contributed by atoms with E-state index in [-0.39, 0.29) is 23.7 Å². The van der Waals surface area contributed by atoms with E-state index >= 15 is 0 Å². The zero-order chi connectivity index (χ0) is 18.8. The number of carbonyl (C=O) groups is 3. The third kappa shape index (κ3) is 3.46. The van der Waals surface area contributed by atoms with E-state index in [4.69, 9.17) is 11.6 Å². The number of hydrogen-bond donors (Lipinski definition) is 3. The first-order valence-electron chi connectivity index (χ1n) is 8.72. The van der Waals surface area contributed by atoms with Crippen molar-refractivity contribution < 1.29 is 19.5 Å². The molecule has 1 saturated carbocycles. The molecule has 0 aromatic heterocycles. The highest BCUT2D eigenvalue weighted by Gasteiger charge is 2.51. The number of carboxylic acid groups (broad SMARTS) is 1. The number of anilines is 1. The summed E-state index contributed by atoms with van der Waals surface area (Å²) in [5.74, 6) is -3.23. The number of hydrogen-bond acceptors (Lipinski definition) is 3. The Balaban J connectivity index is 1.83. The molecule has 0 radical (unpaired) electrons. The van der Waals surface area contributed by atoms with E-state index in [1.807, 2.05) is 19.1 Å². The van der Waals surface area contributed by atoms with Crippen LogP contribution in [0.25, 0.3) is 0 Å². The summed E-state index contributed by atoms with van der Waals surface area (Å²) in [5, 5.41) is 15.4. The summed E-state index contributed by atoms with van der Waals surface area (Å²) in [6.45, 7) is 2.46. The summed E-state index contributed by atoms with van der Waals surface area (Å²) >= 11 is 6.02. The van der Waals surface area contributed by atoms with Gasteiger partial charge in [-0.3, -0.25) is 14.4 Å². The molecule has 0 aliphatic heterocycles. The summed E-state index contributed by atoms with van der Waals surface area (Å²) in [6, 6.07) is 4.65. The molecule has 2 bridgehead atoms. The predicted octanol–water partition coefficient (Wildman–Crippen LogP) is 2.94. The second-order valence-corrected chi connectivity index (χ2v) is 7.21. The smallest absolute Gasteiger partial charge is 0.307 e. The maximum Gasteiger partial charge on any atom is 0.307 e. The van der Waals surface area contributed by atoms with Crippen molar-refractivity contribution in [3.63, 3.8) is 0 Å². The van der Waals surface area contributed by atoms with Crippen LogP contribution >= 0.6 is 11.6 Å². The lowest BCUT2D eigenvalue weighted by Gasteiger charge is -2.24. The third-order valence-corrected chi connectivity index (χ3v) is 5.30. The highest BCUT2D eigenvalue weighted by Crippen LogP contribution is 2.48. The molecule has 7 heteroatoms. The van der Waals surface area contributed by atoms with Crippen LogP contribution in [0.5, 0.6) is 0 Å². The van der Waals surface area contributed by atoms with Crippen LogP contribution in [0.1, 0.15) is 30.1 Å². The zero-order valence-electron chi connectivity index (χ0n) is 14.4. The summed E-state index contributed by atoms with van der Waals surface area (Å²) in [7, 11) is 0. The Morgan fingerprint density at radius 1 is 1.19 bits per heavy atom. The van der Waals surface area contributed by atoms with E-state index in [0.29, 0.717) is 29.2 Å². The Morgan fingerprint density at radius 2 is 1.88 bits per heavy atom. The molecular weight excluding hydrogens is 356 g/mol. The number of carbonyl (C=O) groups excluding carboxylic acids is 2. The summed E-state index contributed by atoms with van der Waals surface area (Å²) < 4.78 is 0. The molecule has 6 nitrogen and oxygen atoms in total. The average molecular weight is 377 g/mol. The fourth-order valence-electron chi connectivity index (χ4n) is 3.88. The molecule has 2 aliphatic carbocycles. The van der Waals surface area contributed by atoms with Crippen molar-refractivity contribution in [3.8, 4) is 0 Å². The first-order chi connectivity index (χ1) is 12.4. The van der Waals surface area contributed by atoms with Crippen molar-refractivity contribution in [2.75, 3.05) is 11.9 Å². The molecule has 4 unspecified atom stereocenters. The van der Waals surface area contributed by atoms with Crippen LogP contribution in [-0.2, 0) is 9.59 Å². The molecule has 26 heavy (non-hydrogen) atoms. The van der Waals surface area contributed by atoms with Crippen molar-refractivity contribution in [2.24, 2.45) is 23.7 Å². The van der Waals surface area contributed by atoms with E-state index in [9.17, 15) is 19.5 Å². The Hall–Kier alpha value is -2.34. The minimum Gasteiger partial charge on any atom is -0.481 e. The van der Waals surface area contributed by atoms with Crippen LogP contribution in [0.15, 0.2) is 30.4 Å². The van der Waals surface area contributed by atoms with E-state index in [1.165, 1.54) is 6.07 Å². The molecule has 3 rings (SSSR count). The number of allylic oxidation sites excluding steroid dienone is 2.